The summed E-state index contributed by atoms with van der Waals surface area (Å²) in [7, 11) is 0. The maximum Gasteiger partial charge on any atom is 0.242 e. The molecule has 24 heavy (non-hydrogen) atoms. The van der Waals surface area contributed by atoms with Crippen LogP contribution in [0.4, 0.5) is 4.39 Å². The lowest BCUT2D eigenvalue weighted by Gasteiger charge is -2.26. The Bertz CT molecular complexity index is 591. The second kappa shape index (κ2) is 8.24. The van der Waals surface area contributed by atoms with Gasteiger partial charge in [-0.05, 0) is 23.6 Å². The lowest BCUT2D eigenvalue weighted by Crippen LogP contribution is -2.40. The molecule has 6 heteroatoms. The van der Waals surface area contributed by atoms with Gasteiger partial charge in [-0.2, -0.15) is 0 Å². The fraction of sp³-hybridized carbons (Fsp3) is 0.556. The first-order chi connectivity index (χ1) is 11.3. The molecule has 1 aliphatic heterocycles. The van der Waals surface area contributed by atoms with Gasteiger partial charge < -0.3 is 14.5 Å². The lowest BCUT2D eigenvalue weighted by molar-refractivity contribution is -0.137. The third-order valence-corrected chi connectivity index (χ3v) is 3.93. The fourth-order valence-corrected chi connectivity index (χ4v) is 2.78. The van der Waals surface area contributed by atoms with Crippen molar-refractivity contribution < 1.29 is 18.7 Å². The van der Waals surface area contributed by atoms with Crippen molar-refractivity contribution in [3.8, 4) is 0 Å². The van der Waals surface area contributed by atoms with Crippen molar-refractivity contribution in [2.45, 2.75) is 33.5 Å². The van der Waals surface area contributed by atoms with Crippen molar-refractivity contribution in [3.63, 3.8) is 0 Å². The van der Waals surface area contributed by atoms with Gasteiger partial charge >= 0.3 is 0 Å². The second-order valence-electron chi connectivity index (χ2n) is 6.66. The van der Waals surface area contributed by atoms with Crippen LogP contribution in [0.25, 0.3) is 0 Å². The van der Waals surface area contributed by atoms with Gasteiger partial charge in [0, 0.05) is 26.6 Å². The van der Waals surface area contributed by atoms with Crippen LogP contribution < -0.4 is 0 Å². The number of ether oxygens (including phenoxy) is 1. The Morgan fingerprint density at radius 3 is 2.75 bits per heavy atom. The Hall–Kier alpha value is -1.95. The fourth-order valence-electron chi connectivity index (χ4n) is 2.78. The van der Waals surface area contributed by atoms with Gasteiger partial charge in [0.1, 0.15) is 5.82 Å². The first-order valence-electron chi connectivity index (χ1n) is 8.24. The number of carbonyl (C=O) groups excluding carboxylic acids is 2. The van der Waals surface area contributed by atoms with E-state index in [1.165, 1.54) is 24.0 Å². The van der Waals surface area contributed by atoms with Gasteiger partial charge in [0.15, 0.2) is 0 Å². The molecule has 1 saturated heterocycles. The Balaban J connectivity index is 2.06. The highest BCUT2D eigenvalue weighted by Crippen LogP contribution is 2.13. The van der Waals surface area contributed by atoms with E-state index in [0.29, 0.717) is 25.6 Å². The molecule has 2 amide bonds. The zero-order valence-corrected chi connectivity index (χ0v) is 14.5. The highest BCUT2D eigenvalue weighted by atomic mass is 19.1. The molecule has 0 N–H and O–H groups in total. The van der Waals surface area contributed by atoms with Gasteiger partial charge in [0.25, 0.3) is 0 Å². The molecule has 1 unspecified atom stereocenters. The van der Waals surface area contributed by atoms with Gasteiger partial charge in [-0.15, -0.1) is 0 Å². The van der Waals surface area contributed by atoms with Crippen LogP contribution in [-0.4, -0.2) is 53.9 Å². The number of hydrogen-bond acceptors (Lipinski definition) is 3. The minimum atomic E-state index is -0.307. The van der Waals surface area contributed by atoms with E-state index in [4.69, 9.17) is 4.74 Å². The van der Waals surface area contributed by atoms with E-state index in [9.17, 15) is 14.0 Å². The number of hydrogen-bond donors (Lipinski definition) is 0. The minimum Gasteiger partial charge on any atom is -0.370 e. The van der Waals surface area contributed by atoms with Gasteiger partial charge in [0.2, 0.25) is 11.8 Å². The number of benzene rings is 1. The summed E-state index contributed by atoms with van der Waals surface area (Å²) in [6, 6.07) is 6.24. The van der Waals surface area contributed by atoms with Crippen molar-refractivity contribution in [3.05, 3.63) is 35.6 Å². The minimum absolute atomic E-state index is 0.0595. The number of rotatable bonds is 5. The van der Waals surface area contributed by atoms with E-state index < -0.39 is 0 Å². The normalized spacial score (nSPS) is 18.9. The summed E-state index contributed by atoms with van der Waals surface area (Å²) in [5.74, 6) is -0.175. The molecule has 0 saturated carbocycles. The Morgan fingerprint density at radius 2 is 2.12 bits per heavy atom. The summed E-state index contributed by atoms with van der Waals surface area (Å²) in [4.78, 5) is 27.4. The summed E-state index contributed by atoms with van der Waals surface area (Å²) < 4.78 is 19.2. The SMILES string of the molecule is CC(=O)N1CC(=O)N(CC(C)C)CC(OCc2cccc(F)c2)C1. The molecule has 0 radical (unpaired) electrons. The molecule has 0 aliphatic carbocycles. The maximum absolute atomic E-state index is 13.3. The van der Waals surface area contributed by atoms with E-state index in [-0.39, 0.29) is 36.9 Å². The van der Waals surface area contributed by atoms with Crippen molar-refractivity contribution in [1.82, 2.24) is 9.80 Å². The molecule has 5 nitrogen and oxygen atoms in total. The summed E-state index contributed by atoms with van der Waals surface area (Å²) in [6.45, 7) is 7.31. The summed E-state index contributed by atoms with van der Waals surface area (Å²) in [5, 5.41) is 0. The number of nitrogens with zero attached hydrogens (tertiary/aromatic N) is 2. The molecule has 132 valence electrons. The first kappa shape index (κ1) is 18.4. The van der Waals surface area contributed by atoms with Crippen LogP contribution in [0.3, 0.4) is 0 Å². The van der Waals surface area contributed by atoms with Crippen LogP contribution in [0.15, 0.2) is 24.3 Å². The van der Waals surface area contributed by atoms with Crippen LogP contribution >= 0.6 is 0 Å². The Kier molecular flexibility index (Phi) is 6.31. The lowest BCUT2D eigenvalue weighted by atomic mass is 10.2. The average Bonchev–Trinajstić information content (AvgIpc) is 2.65. The molecular weight excluding hydrogens is 311 g/mol. The van der Waals surface area contributed by atoms with Crippen LogP contribution in [0.2, 0.25) is 0 Å². The molecule has 1 aliphatic rings. The zero-order chi connectivity index (χ0) is 17.7. The quantitative estimate of drug-likeness (QED) is 0.827. The zero-order valence-electron chi connectivity index (χ0n) is 14.5. The van der Waals surface area contributed by atoms with E-state index in [2.05, 4.69) is 0 Å². The summed E-state index contributed by atoms with van der Waals surface area (Å²) in [6.07, 6.45) is -0.289. The number of carbonyl (C=O) groups is 2. The van der Waals surface area contributed by atoms with Crippen molar-refractivity contribution >= 4 is 11.8 Å². The molecule has 0 aromatic heterocycles. The van der Waals surface area contributed by atoms with E-state index >= 15 is 0 Å². The summed E-state index contributed by atoms with van der Waals surface area (Å²) >= 11 is 0. The topological polar surface area (TPSA) is 49.9 Å². The second-order valence-corrected chi connectivity index (χ2v) is 6.66. The average molecular weight is 336 g/mol. The predicted molar refractivity (Wildman–Crippen MR) is 88.6 cm³/mol. The highest BCUT2D eigenvalue weighted by molar-refractivity contribution is 5.84. The maximum atomic E-state index is 13.3. The van der Waals surface area contributed by atoms with Crippen LogP contribution in [-0.2, 0) is 20.9 Å². The van der Waals surface area contributed by atoms with Gasteiger partial charge in [-0.1, -0.05) is 26.0 Å². The van der Waals surface area contributed by atoms with E-state index in [1.807, 2.05) is 13.8 Å². The third-order valence-electron chi connectivity index (χ3n) is 3.93. The van der Waals surface area contributed by atoms with Crippen molar-refractivity contribution in [2.75, 3.05) is 26.2 Å². The largest absolute Gasteiger partial charge is 0.370 e. The molecule has 1 heterocycles. The van der Waals surface area contributed by atoms with E-state index in [1.54, 1.807) is 17.0 Å². The Morgan fingerprint density at radius 1 is 1.38 bits per heavy atom. The van der Waals surface area contributed by atoms with Crippen molar-refractivity contribution in [1.29, 1.82) is 0 Å². The first-order valence-corrected chi connectivity index (χ1v) is 8.24. The van der Waals surface area contributed by atoms with Crippen LogP contribution in [0, 0.1) is 11.7 Å². The van der Waals surface area contributed by atoms with Gasteiger partial charge in [-0.25, -0.2) is 4.39 Å². The summed E-state index contributed by atoms with van der Waals surface area (Å²) in [5.41, 5.74) is 0.732. The van der Waals surface area contributed by atoms with Gasteiger partial charge in [-0.3, -0.25) is 9.59 Å². The third kappa shape index (κ3) is 5.30. The number of halogens is 1. The Labute approximate surface area is 142 Å². The molecule has 0 spiro atoms. The molecule has 0 bridgehead atoms. The highest BCUT2D eigenvalue weighted by Gasteiger charge is 2.29. The molecule has 2 rings (SSSR count). The van der Waals surface area contributed by atoms with Crippen LogP contribution in [0.5, 0.6) is 0 Å². The standard InChI is InChI=1S/C18H25FN2O3/c1-13(2)8-21-10-17(9-20(14(3)22)11-18(21)23)24-12-15-5-4-6-16(19)7-15/h4-7,13,17H,8-12H2,1-3H3. The van der Waals surface area contributed by atoms with Gasteiger partial charge in [0.05, 0.1) is 19.3 Å². The molecule has 1 fully saturated rings. The molecule has 1 aromatic rings. The molecule has 1 aromatic carbocycles. The van der Waals surface area contributed by atoms with E-state index in [0.717, 1.165) is 5.56 Å². The molecular formula is C18H25FN2O3. The number of amides is 2. The molecule has 1 atom stereocenters. The smallest absolute Gasteiger partial charge is 0.242 e. The monoisotopic (exact) mass is 336 g/mol. The predicted octanol–water partition coefficient (Wildman–Crippen LogP) is 2.06. The van der Waals surface area contributed by atoms with Crippen molar-refractivity contribution in [2.24, 2.45) is 5.92 Å². The van der Waals surface area contributed by atoms with Crippen LogP contribution in [0.1, 0.15) is 26.3 Å².